The molecule has 4 heteroatoms. The Morgan fingerprint density at radius 1 is 1.45 bits per heavy atom. The van der Waals surface area contributed by atoms with Crippen molar-refractivity contribution in [3.8, 4) is 0 Å². The Labute approximate surface area is 118 Å². The first-order valence-electron chi connectivity index (χ1n) is 7.40. The summed E-state index contributed by atoms with van der Waals surface area (Å²) in [6, 6.07) is 4.55. The van der Waals surface area contributed by atoms with E-state index in [0.29, 0.717) is 11.1 Å². The average molecular weight is 276 g/mol. The highest BCUT2D eigenvalue weighted by Crippen LogP contribution is 2.38. The molecule has 1 aliphatic heterocycles. The second-order valence-corrected chi connectivity index (χ2v) is 6.18. The smallest absolute Gasteiger partial charge is 0.251 e. The van der Waals surface area contributed by atoms with E-state index in [1.54, 1.807) is 13.0 Å². The Morgan fingerprint density at radius 3 is 2.90 bits per heavy atom. The summed E-state index contributed by atoms with van der Waals surface area (Å²) in [4.78, 5) is 12.3. The molecule has 2 fully saturated rings. The molecule has 2 aliphatic rings. The van der Waals surface area contributed by atoms with Crippen LogP contribution in [0.15, 0.2) is 18.2 Å². The second kappa shape index (κ2) is 5.17. The predicted octanol–water partition coefficient (Wildman–Crippen LogP) is 2.54. The van der Waals surface area contributed by atoms with Gasteiger partial charge in [0.1, 0.15) is 5.82 Å². The number of hydrogen-bond donors (Lipinski definition) is 2. The first-order valence-corrected chi connectivity index (χ1v) is 7.40. The summed E-state index contributed by atoms with van der Waals surface area (Å²) in [5, 5.41) is 6.71. The Balaban J connectivity index is 1.66. The zero-order valence-corrected chi connectivity index (χ0v) is 11.8. The quantitative estimate of drug-likeness (QED) is 0.871. The van der Waals surface area contributed by atoms with E-state index >= 15 is 0 Å². The van der Waals surface area contributed by atoms with Gasteiger partial charge in [0.2, 0.25) is 0 Å². The molecule has 108 valence electrons. The minimum Gasteiger partial charge on any atom is -0.349 e. The number of aryl methyl sites for hydroxylation is 1. The van der Waals surface area contributed by atoms with E-state index in [-0.39, 0.29) is 23.3 Å². The van der Waals surface area contributed by atoms with Crippen LogP contribution in [-0.4, -0.2) is 24.0 Å². The van der Waals surface area contributed by atoms with Crippen LogP contribution in [0.3, 0.4) is 0 Å². The van der Waals surface area contributed by atoms with Crippen molar-refractivity contribution in [3.63, 3.8) is 0 Å². The lowest BCUT2D eigenvalue weighted by Gasteiger charge is -2.48. The van der Waals surface area contributed by atoms with Gasteiger partial charge in [-0.2, -0.15) is 0 Å². The van der Waals surface area contributed by atoms with E-state index in [0.717, 1.165) is 19.4 Å². The molecule has 1 unspecified atom stereocenters. The van der Waals surface area contributed by atoms with Gasteiger partial charge >= 0.3 is 0 Å². The van der Waals surface area contributed by atoms with Crippen molar-refractivity contribution < 1.29 is 9.18 Å². The summed E-state index contributed by atoms with van der Waals surface area (Å²) in [7, 11) is 0. The number of piperidine rings is 1. The number of carbonyl (C=O) groups excluding carboxylic acids is 1. The standard InChI is InChI=1S/C16H21FN2O/c1-11-9-12(17)3-4-14(11)15(20)19-13-5-8-18-16(10-13)6-2-7-16/h3-4,9,13,18H,2,5-8,10H2,1H3,(H,19,20). The highest BCUT2D eigenvalue weighted by atomic mass is 19.1. The van der Waals surface area contributed by atoms with Gasteiger partial charge in [-0.05, 0) is 69.3 Å². The molecule has 1 saturated carbocycles. The van der Waals surface area contributed by atoms with Crippen LogP contribution in [0.5, 0.6) is 0 Å². The number of amides is 1. The average Bonchev–Trinajstić information content (AvgIpc) is 2.37. The summed E-state index contributed by atoms with van der Waals surface area (Å²) in [5.74, 6) is -0.377. The van der Waals surface area contributed by atoms with E-state index in [1.165, 1.54) is 31.4 Å². The number of carbonyl (C=O) groups is 1. The van der Waals surface area contributed by atoms with Gasteiger partial charge in [0.15, 0.2) is 0 Å². The number of nitrogens with one attached hydrogen (secondary N) is 2. The molecule has 1 atom stereocenters. The zero-order chi connectivity index (χ0) is 14.2. The normalized spacial score (nSPS) is 24.2. The highest BCUT2D eigenvalue weighted by Gasteiger charge is 2.41. The number of rotatable bonds is 2. The van der Waals surface area contributed by atoms with E-state index < -0.39 is 0 Å². The zero-order valence-electron chi connectivity index (χ0n) is 11.8. The van der Waals surface area contributed by atoms with Crippen molar-refractivity contribution in [2.75, 3.05) is 6.54 Å². The molecule has 1 spiro atoms. The summed E-state index contributed by atoms with van der Waals surface area (Å²) >= 11 is 0. The molecule has 1 saturated heterocycles. The molecule has 0 bridgehead atoms. The van der Waals surface area contributed by atoms with Gasteiger partial charge in [-0.3, -0.25) is 4.79 Å². The second-order valence-electron chi connectivity index (χ2n) is 6.18. The number of hydrogen-bond acceptors (Lipinski definition) is 2. The molecule has 1 aliphatic carbocycles. The lowest BCUT2D eigenvalue weighted by molar-refractivity contribution is 0.0852. The monoisotopic (exact) mass is 276 g/mol. The Hall–Kier alpha value is -1.42. The van der Waals surface area contributed by atoms with E-state index in [1.807, 2.05) is 0 Å². The van der Waals surface area contributed by atoms with Crippen LogP contribution in [0.2, 0.25) is 0 Å². The lowest BCUT2D eigenvalue weighted by atomic mass is 9.70. The molecule has 0 radical (unpaired) electrons. The molecule has 1 aromatic carbocycles. The van der Waals surface area contributed by atoms with Crippen LogP contribution in [-0.2, 0) is 0 Å². The fourth-order valence-corrected chi connectivity index (χ4v) is 3.41. The summed E-state index contributed by atoms with van der Waals surface area (Å²) in [6.07, 6.45) is 5.70. The van der Waals surface area contributed by atoms with Crippen LogP contribution in [0.1, 0.15) is 48.0 Å². The third kappa shape index (κ3) is 2.57. The maximum atomic E-state index is 13.1. The van der Waals surface area contributed by atoms with Crippen molar-refractivity contribution in [2.24, 2.45) is 0 Å². The first kappa shape index (κ1) is 13.6. The maximum absolute atomic E-state index is 13.1. The van der Waals surface area contributed by atoms with Crippen molar-refractivity contribution >= 4 is 5.91 Å². The Morgan fingerprint density at radius 2 is 2.25 bits per heavy atom. The molecule has 3 rings (SSSR count). The molecule has 0 aromatic heterocycles. The van der Waals surface area contributed by atoms with Crippen molar-refractivity contribution in [2.45, 2.75) is 50.6 Å². The fraction of sp³-hybridized carbons (Fsp3) is 0.562. The van der Waals surface area contributed by atoms with Gasteiger partial charge in [0.25, 0.3) is 5.91 Å². The van der Waals surface area contributed by atoms with Crippen molar-refractivity contribution in [1.29, 1.82) is 0 Å². The van der Waals surface area contributed by atoms with E-state index in [9.17, 15) is 9.18 Å². The van der Waals surface area contributed by atoms with Crippen LogP contribution >= 0.6 is 0 Å². The van der Waals surface area contributed by atoms with Gasteiger partial charge < -0.3 is 10.6 Å². The first-order chi connectivity index (χ1) is 9.58. The molecule has 20 heavy (non-hydrogen) atoms. The van der Waals surface area contributed by atoms with Crippen molar-refractivity contribution in [3.05, 3.63) is 35.1 Å². The number of benzene rings is 1. The lowest BCUT2D eigenvalue weighted by Crippen LogP contribution is -2.59. The van der Waals surface area contributed by atoms with Crippen LogP contribution in [0.25, 0.3) is 0 Å². The topological polar surface area (TPSA) is 41.1 Å². The summed E-state index contributed by atoms with van der Waals surface area (Å²) in [6.45, 7) is 2.74. The van der Waals surface area contributed by atoms with Crippen LogP contribution in [0, 0.1) is 12.7 Å². The van der Waals surface area contributed by atoms with Gasteiger partial charge in [-0.15, -0.1) is 0 Å². The molecule has 3 nitrogen and oxygen atoms in total. The molecular formula is C16H21FN2O. The van der Waals surface area contributed by atoms with Gasteiger partial charge in [0.05, 0.1) is 0 Å². The molecule has 1 aromatic rings. The minimum absolute atomic E-state index is 0.0797. The maximum Gasteiger partial charge on any atom is 0.251 e. The fourth-order valence-electron chi connectivity index (χ4n) is 3.41. The van der Waals surface area contributed by atoms with E-state index in [4.69, 9.17) is 0 Å². The van der Waals surface area contributed by atoms with Gasteiger partial charge in [0, 0.05) is 17.1 Å². The SMILES string of the molecule is Cc1cc(F)ccc1C(=O)NC1CCNC2(CCC2)C1. The molecule has 1 amide bonds. The van der Waals surface area contributed by atoms with Crippen molar-refractivity contribution in [1.82, 2.24) is 10.6 Å². The van der Waals surface area contributed by atoms with Gasteiger partial charge in [-0.1, -0.05) is 0 Å². The number of halogens is 1. The third-order valence-electron chi connectivity index (χ3n) is 4.71. The largest absolute Gasteiger partial charge is 0.349 e. The summed E-state index contributed by atoms with van der Waals surface area (Å²) < 4.78 is 13.1. The molecular weight excluding hydrogens is 255 g/mol. The minimum atomic E-state index is -0.297. The van der Waals surface area contributed by atoms with Gasteiger partial charge in [-0.25, -0.2) is 4.39 Å². The predicted molar refractivity (Wildman–Crippen MR) is 76.2 cm³/mol. The Kier molecular flexibility index (Phi) is 3.50. The van der Waals surface area contributed by atoms with E-state index in [2.05, 4.69) is 10.6 Å². The molecule has 1 heterocycles. The Bertz CT molecular complexity index is 525. The highest BCUT2D eigenvalue weighted by molar-refractivity contribution is 5.95. The van der Waals surface area contributed by atoms with Crippen LogP contribution < -0.4 is 10.6 Å². The third-order valence-corrected chi connectivity index (χ3v) is 4.71. The summed E-state index contributed by atoms with van der Waals surface area (Å²) in [5.41, 5.74) is 1.54. The van der Waals surface area contributed by atoms with Crippen LogP contribution in [0.4, 0.5) is 4.39 Å². The molecule has 2 N–H and O–H groups in total.